The maximum Gasteiger partial charge on any atom is 2.00 e. The van der Waals surface area contributed by atoms with Crippen molar-refractivity contribution in [1.82, 2.24) is 19.3 Å². The van der Waals surface area contributed by atoms with Gasteiger partial charge in [-0.1, -0.05) is 75.2 Å². The van der Waals surface area contributed by atoms with E-state index in [1.807, 2.05) is 41.2 Å². The topological polar surface area (TPSA) is 44.9 Å². The molecule has 6 heteroatoms. The van der Waals surface area contributed by atoms with Crippen LogP contribution in [0.1, 0.15) is 68.5 Å². The Labute approximate surface area is 297 Å². The average Bonchev–Trinajstić information content (AvgIpc) is 3.59. The predicted octanol–water partition coefficient (Wildman–Crippen LogP) is 10.9. The van der Waals surface area contributed by atoms with Gasteiger partial charge in [-0.25, -0.2) is 4.98 Å². The van der Waals surface area contributed by atoms with Gasteiger partial charge in [0.1, 0.15) is 5.82 Å². The number of aryl methyl sites for hydroxylation is 2. The smallest absolute Gasteiger partial charge is 0.509 e. The number of unbranched alkanes of at least 4 members (excludes halogenated alkanes) is 1. The largest absolute Gasteiger partial charge is 2.00 e. The van der Waals surface area contributed by atoms with E-state index in [4.69, 9.17) is 14.8 Å². The molecule has 3 heterocycles. The summed E-state index contributed by atoms with van der Waals surface area (Å²) in [4.78, 5) is 4.85. The third-order valence-electron chi connectivity index (χ3n) is 9.27. The molecule has 0 spiro atoms. The minimum absolute atomic E-state index is 0. The molecule has 0 aliphatic rings. The predicted molar refractivity (Wildman–Crippen MR) is 192 cm³/mol. The van der Waals surface area contributed by atoms with Crippen LogP contribution in [0, 0.1) is 26.0 Å². The van der Waals surface area contributed by atoms with Crippen molar-refractivity contribution in [2.75, 3.05) is 0 Å². The second-order valence-corrected chi connectivity index (χ2v) is 12.5. The molecule has 0 amide bonds. The molecule has 0 aliphatic carbocycles. The minimum atomic E-state index is 0. The zero-order chi connectivity index (χ0) is 32.5. The van der Waals surface area contributed by atoms with Crippen LogP contribution in [0.3, 0.4) is 0 Å². The second-order valence-electron chi connectivity index (χ2n) is 12.5. The molecule has 7 aromatic rings. The normalized spacial score (nSPS) is 11.9. The van der Waals surface area contributed by atoms with Gasteiger partial charge in [-0.3, -0.25) is 4.68 Å². The van der Waals surface area contributed by atoms with Crippen molar-refractivity contribution in [3.8, 4) is 34.1 Å². The summed E-state index contributed by atoms with van der Waals surface area (Å²) in [6.45, 7) is 10.9. The minimum Gasteiger partial charge on any atom is -0.509 e. The fourth-order valence-corrected chi connectivity index (χ4v) is 6.54. The summed E-state index contributed by atoms with van der Waals surface area (Å²) < 4.78 is 10.6. The van der Waals surface area contributed by atoms with Gasteiger partial charge >= 0.3 is 21.1 Å². The fourth-order valence-electron chi connectivity index (χ4n) is 6.54. The van der Waals surface area contributed by atoms with Crippen LogP contribution in [0.2, 0.25) is 0 Å². The van der Waals surface area contributed by atoms with E-state index in [0.29, 0.717) is 17.4 Å². The van der Waals surface area contributed by atoms with E-state index in [0.717, 1.165) is 76.1 Å². The van der Waals surface area contributed by atoms with Gasteiger partial charge in [0, 0.05) is 34.5 Å². The number of pyridine rings is 1. The molecular formula is C42H40N4OPt. The zero-order valence-electron chi connectivity index (χ0n) is 28.2. The third kappa shape index (κ3) is 6.36. The monoisotopic (exact) mass is 811 g/mol. The van der Waals surface area contributed by atoms with E-state index in [1.165, 1.54) is 16.5 Å². The summed E-state index contributed by atoms with van der Waals surface area (Å²) in [6, 6.07) is 38.7. The van der Waals surface area contributed by atoms with Crippen molar-refractivity contribution in [2.24, 2.45) is 0 Å². The summed E-state index contributed by atoms with van der Waals surface area (Å²) in [5.41, 5.74) is 9.85. The van der Waals surface area contributed by atoms with E-state index < -0.39 is 0 Å². The fraction of sp³-hybridized carbons (Fsp3) is 0.238. The van der Waals surface area contributed by atoms with Crippen LogP contribution in [-0.2, 0) is 27.5 Å². The van der Waals surface area contributed by atoms with Crippen LogP contribution in [0.15, 0.2) is 97.2 Å². The van der Waals surface area contributed by atoms with E-state index in [1.54, 1.807) is 0 Å². The molecule has 0 fully saturated rings. The van der Waals surface area contributed by atoms with Crippen molar-refractivity contribution in [3.63, 3.8) is 0 Å². The molecule has 7 rings (SSSR count). The van der Waals surface area contributed by atoms with Gasteiger partial charge in [-0.05, 0) is 85.0 Å². The molecule has 0 aliphatic heterocycles. The number of fused-ring (bicyclic) bond motifs is 3. The van der Waals surface area contributed by atoms with Gasteiger partial charge in [0.05, 0.1) is 5.69 Å². The first-order valence-electron chi connectivity index (χ1n) is 16.7. The van der Waals surface area contributed by atoms with Gasteiger partial charge in [0.15, 0.2) is 0 Å². The number of hydrogen-bond donors (Lipinski definition) is 0. The Morgan fingerprint density at radius 2 is 1.65 bits per heavy atom. The van der Waals surface area contributed by atoms with Crippen LogP contribution >= 0.6 is 0 Å². The van der Waals surface area contributed by atoms with Gasteiger partial charge < -0.3 is 9.30 Å². The first-order valence-corrected chi connectivity index (χ1v) is 16.7. The molecule has 0 radical (unpaired) electrons. The van der Waals surface area contributed by atoms with Gasteiger partial charge in [0.25, 0.3) is 0 Å². The summed E-state index contributed by atoms with van der Waals surface area (Å²) in [5, 5.41) is 7.21. The van der Waals surface area contributed by atoms with Crippen LogP contribution in [-0.4, -0.2) is 19.3 Å². The molecule has 0 saturated heterocycles. The number of nitrogens with zero attached hydrogens (tertiary/aromatic N) is 4. The maximum atomic E-state index is 6.47. The summed E-state index contributed by atoms with van der Waals surface area (Å²) in [5.74, 6) is 2.61. The molecular weight excluding hydrogens is 772 g/mol. The molecule has 244 valence electrons. The molecule has 5 nitrogen and oxygen atoms in total. The quantitative estimate of drug-likeness (QED) is 0.129. The van der Waals surface area contributed by atoms with Gasteiger partial charge in [-0.2, -0.15) is 17.2 Å². The van der Waals surface area contributed by atoms with Crippen LogP contribution in [0.25, 0.3) is 44.4 Å². The first kappa shape index (κ1) is 33.4. The third-order valence-corrected chi connectivity index (χ3v) is 9.27. The van der Waals surface area contributed by atoms with E-state index in [2.05, 4.69) is 112 Å². The number of ether oxygens (including phenoxy) is 1. The Balaban J connectivity index is 0.00000401. The summed E-state index contributed by atoms with van der Waals surface area (Å²) in [7, 11) is 0. The Bertz CT molecular complexity index is 2200. The molecule has 3 aromatic heterocycles. The van der Waals surface area contributed by atoms with Crippen molar-refractivity contribution >= 4 is 21.8 Å². The molecule has 1 unspecified atom stereocenters. The van der Waals surface area contributed by atoms with E-state index in [-0.39, 0.29) is 21.1 Å². The Kier molecular flexibility index (Phi) is 9.98. The van der Waals surface area contributed by atoms with Crippen LogP contribution in [0.4, 0.5) is 0 Å². The van der Waals surface area contributed by atoms with Gasteiger partial charge in [0.2, 0.25) is 0 Å². The molecule has 1 atom stereocenters. The SMILES string of the molecule is CCCCc1ccnc(-n2c3[c-]c(Oc4[c-]c(-n5nc(C)c(-c6ccccc6)c5C)ccc4)ccc3c3cc(C(C)CC)ccc32)c1.[Pt+2]. The molecule has 48 heavy (non-hydrogen) atoms. The zero-order valence-corrected chi connectivity index (χ0v) is 30.4. The number of benzene rings is 4. The molecule has 0 saturated carbocycles. The summed E-state index contributed by atoms with van der Waals surface area (Å²) in [6.07, 6.45) is 6.36. The van der Waals surface area contributed by atoms with Crippen molar-refractivity contribution in [1.29, 1.82) is 0 Å². The number of rotatable bonds is 10. The Morgan fingerprint density at radius 1 is 0.833 bits per heavy atom. The molecule has 0 bridgehead atoms. The molecule has 4 aromatic carbocycles. The standard InChI is InChI=1S/C42H40N4O.Pt/c1-6-8-13-31-22-23-43-41(24-31)45-39-21-18-33(28(3)7-2)25-38(39)37-20-19-36(27-40(37)45)47-35-17-12-16-34(26-35)46-30(5)42(29(4)44-46)32-14-10-9-11-15-32;/h9-12,14-25,28H,6-8,13H2,1-5H3;/q-2;+2. The van der Waals surface area contributed by atoms with E-state index in [9.17, 15) is 0 Å². The number of aromatic nitrogens is 4. The van der Waals surface area contributed by atoms with Crippen LogP contribution < -0.4 is 4.74 Å². The first-order chi connectivity index (χ1) is 22.9. The average molecular weight is 812 g/mol. The summed E-state index contributed by atoms with van der Waals surface area (Å²) >= 11 is 0. The van der Waals surface area contributed by atoms with Crippen molar-refractivity contribution in [3.05, 3.63) is 132 Å². The second kappa shape index (κ2) is 14.3. The van der Waals surface area contributed by atoms with Gasteiger partial charge in [-0.15, -0.1) is 35.7 Å². The Hall–Kier alpha value is -4.47. The number of hydrogen-bond acceptors (Lipinski definition) is 3. The van der Waals surface area contributed by atoms with Crippen molar-refractivity contribution in [2.45, 2.75) is 66.2 Å². The Morgan fingerprint density at radius 3 is 2.44 bits per heavy atom. The van der Waals surface area contributed by atoms with Crippen LogP contribution in [0.5, 0.6) is 11.5 Å². The maximum absolute atomic E-state index is 6.47. The van der Waals surface area contributed by atoms with E-state index >= 15 is 0 Å². The van der Waals surface area contributed by atoms with Crippen molar-refractivity contribution < 1.29 is 25.8 Å². The molecule has 0 N–H and O–H groups in total.